The number of ether oxygens (including phenoxy) is 1. The van der Waals surface area contributed by atoms with Crippen LogP contribution < -0.4 is 4.74 Å². The Hall–Kier alpha value is -3.32. The quantitative estimate of drug-likeness (QED) is 0.164. The van der Waals surface area contributed by atoms with Gasteiger partial charge in [-0.1, -0.05) is 149 Å². The minimum absolute atomic E-state index is 0.812. The smallest absolute Gasteiger partial charge is 0.119 e. The average molecular weight is 477 g/mol. The van der Waals surface area contributed by atoms with E-state index in [0.717, 1.165) is 18.8 Å². The Bertz CT molecular complexity index is 1130. The third-order valence-corrected chi connectivity index (χ3v) is 6.91. The summed E-state index contributed by atoms with van der Waals surface area (Å²) in [4.78, 5) is 0. The van der Waals surface area contributed by atoms with E-state index in [4.69, 9.17) is 4.74 Å². The molecule has 1 nitrogen and oxygen atoms in total. The van der Waals surface area contributed by atoms with Crippen molar-refractivity contribution in [3.05, 3.63) is 103 Å². The van der Waals surface area contributed by atoms with E-state index in [1.54, 1.807) is 0 Å². The standard InChI is InChI=1S/C35H40O/c1-2-3-4-5-6-7-8-9-13-28-36-35-26-24-34(25-27-35)33-22-20-32(21-23-33)31-18-16-30(17-19-31)29-14-11-10-12-15-29/h10-12,14-27H,2-9,13,28H2,1H3. The fourth-order valence-corrected chi connectivity index (χ4v) is 4.69. The zero-order valence-corrected chi connectivity index (χ0v) is 21.8. The van der Waals surface area contributed by atoms with Crippen molar-refractivity contribution < 1.29 is 4.74 Å². The number of hydrogen-bond donors (Lipinski definition) is 0. The molecule has 4 rings (SSSR count). The molecule has 0 aromatic heterocycles. The van der Waals surface area contributed by atoms with E-state index in [-0.39, 0.29) is 0 Å². The Balaban J connectivity index is 1.22. The fourth-order valence-electron chi connectivity index (χ4n) is 4.69. The van der Waals surface area contributed by atoms with E-state index < -0.39 is 0 Å². The van der Waals surface area contributed by atoms with Gasteiger partial charge in [0.15, 0.2) is 0 Å². The van der Waals surface area contributed by atoms with Crippen LogP contribution in [0.4, 0.5) is 0 Å². The van der Waals surface area contributed by atoms with Gasteiger partial charge in [0.05, 0.1) is 6.61 Å². The molecule has 0 aliphatic carbocycles. The van der Waals surface area contributed by atoms with Gasteiger partial charge >= 0.3 is 0 Å². The summed E-state index contributed by atoms with van der Waals surface area (Å²) in [6.45, 7) is 3.09. The highest BCUT2D eigenvalue weighted by Crippen LogP contribution is 2.28. The van der Waals surface area contributed by atoms with Crippen LogP contribution in [0.3, 0.4) is 0 Å². The zero-order valence-electron chi connectivity index (χ0n) is 21.8. The molecule has 0 radical (unpaired) electrons. The van der Waals surface area contributed by atoms with E-state index in [9.17, 15) is 0 Å². The van der Waals surface area contributed by atoms with Gasteiger partial charge in [-0.05, 0) is 51.9 Å². The molecular weight excluding hydrogens is 436 g/mol. The molecule has 0 N–H and O–H groups in total. The van der Waals surface area contributed by atoms with Crippen LogP contribution in [0.5, 0.6) is 5.75 Å². The van der Waals surface area contributed by atoms with Gasteiger partial charge in [0.2, 0.25) is 0 Å². The van der Waals surface area contributed by atoms with Crippen LogP contribution in [0.25, 0.3) is 33.4 Å². The molecule has 0 spiro atoms. The fraction of sp³-hybridized carbons (Fsp3) is 0.314. The monoisotopic (exact) mass is 476 g/mol. The third-order valence-electron chi connectivity index (χ3n) is 6.91. The average Bonchev–Trinajstić information content (AvgIpc) is 2.95. The highest BCUT2D eigenvalue weighted by Gasteiger charge is 2.03. The summed E-state index contributed by atoms with van der Waals surface area (Å²) in [7, 11) is 0. The van der Waals surface area contributed by atoms with E-state index in [1.807, 2.05) is 0 Å². The molecule has 36 heavy (non-hydrogen) atoms. The molecule has 0 unspecified atom stereocenters. The van der Waals surface area contributed by atoms with Crippen LogP contribution in [0.2, 0.25) is 0 Å². The Morgan fingerprint density at radius 3 is 1.19 bits per heavy atom. The van der Waals surface area contributed by atoms with Gasteiger partial charge in [-0.15, -0.1) is 0 Å². The summed E-state index contributed by atoms with van der Waals surface area (Å²) in [6.07, 6.45) is 12.0. The minimum atomic E-state index is 0.812. The lowest BCUT2D eigenvalue weighted by Gasteiger charge is -2.09. The molecule has 1 heteroatoms. The van der Waals surface area contributed by atoms with Crippen molar-refractivity contribution in [1.82, 2.24) is 0 Å². The first-order chi connectivity index (χ1) is 17.8. The van der Waals surface area contributed by atoms with Gasteiger partial charge < -0.3 is 4.74 Å². The molecule has 4 aromatic rings. The Morgan fingerprint density at radius 1 is 0.389 bits per heavy atom. The first-order valence-corrected chi connectivity index (χ1v) is 13.8. The van der Waals surface area contributed by atoms with Crippen LogP contribution in [-0.2, 0) is 0 Å². The van der Waals surface area contributed by atoms with Gasteiger partial charge in [0, 0.05) is 0 Å². The molecule has 186 valence electrons. The molecule has 0 fully saturated rings. The summed E-state index contributed by atoms with van der Waals surface area (Å²) >= 11 is 0. The predicted octanol–water partition coefficient (Wildman–Crippen LogP) is 10.6. The summed E-state index contributed by atoms with van der Waals surface area (Å²) < 4.78 is 5.98. The minimum Gasteiger partial charge on any atom is -0.494 e. The molecule has 0 saturated heterocycles. The highest BCUT2D eigenvalue weighted by atomic mass is 16.5. The number of unbranched alkanes of at least 4 members (excludes halogenated alkanes) is 8. The van der Waals surface area contributed by atoms with E-state index in [2.05, 4.69) is 110 Å². The normalized spacial score (nSPS) is 10.9. The molecule has 4 aromatic carbocycles. The Kier molecular flexibility index (Phi) is 10.2. The van der Waals surface area contributed by atoms with Gasteiger partial charge in [0.25, 0.3) is 0 Å². The van der Waals surface area contributed by atoms with Gasteiger partial charge in [-0.25, -0.2) is 0 Å². The summed E-state index contributed by atoms with van der Waals surface area (Å²) in [5, 5.41) is 0. The topological polar surface area (TPSA) is 9.23 Å². The largest absolute Gasteiger partial charge is 0.494 e. The molecule has 0 atom stereocenters. The molecule has 0 saturated carbocycles. The van der Waals surface area contributed by atoms with Crippen LogP contribution in [0, 0.1) is 0 Å². The third kappa shape index (κ3) is 7.85. The molecular formula is C35H40O. The van der Waals surface area contributed by atoms with Gasteiger partial charge in [-0.2, -0.15) is 0 Å². The molecule has 0 heterocycles. The maximum Gasteiger partial charge on any atom is 0.119 e. The van der Waals surface area contributed by atoms with Crippen molar-refractivity contribution in [2.45, 2.75) is 64.7 Å². The summed E-state index contributed by atoms with van der Waals surface area (Å²) in [6, 6.07) is 36.7. The maximum absolute atomic E-state index is 5.98. The molecule has 0 amide bonds. The predicted molar refractivity (Wildman–Crippen MR) is 155 cm³/mol. The first kappa shape index (κ1) is 25.8. The van der Waals surface area contributed by atoms with Crippen LogP contribution in [0.1, 0.15) is 64.7 Å². The summed E-state index contributed by atoms with van der Waals surface area (Å²) in [5.41, 5.74) is 7.42. The van der Waals surface area contributed by atoms with E-state index in [1.165, 1.54) is 84.7 Å². The van der Waals surface area contributed by atoms with Crippen molar-refractivity contribution in [3.8, 4) is 39.1 Å². The molecule has 0 bridgehead atoms. The van der Waals surface area contributed by atoms with Crippen LogP contribution in [0.15, 0.2) is 103 Å². The molecule has 0 aliphatic rings. The molecule has 0 aliphatic heterocycles. The SMILES string of the molecule is CCCCCCCCCCCOc1ccc(-c2ccc(-c3ccc(-c4ccccc4)cc3)cc2)cc1. The Morgan fingerprint density at radius 2 is 0.750 bits per heavy atom. The van der Waals surface area contributed by atoms with Gasteiger partial charge in [0.1, 0.15) is 5.75 Å². The highest BCUT2D eigenvalue weighted by molar-refractivity contribution is 5.73. The number of hydrogen-bond acceptors (Lipinski definition) is 1. The number of benzene rings is 4. The lowest BCUT2D eigenvalue weighted by atomic mass is 9.98. The van der Waals surface area contributed by atoms with Crippen molar-refractivity contribution in [3.63, 3.8) is 0 Å². The Labute approximate surface area is 218 Å². The van der Waals surface area contributed by atoms with Crippen molar-refractivity contribution in [2.24, 2.45) is 0 Å². The van der Waals surface area contributed by atoms with Gasteiger partial charge in [-0.3, -0.25) is 0 Å². The van der Waals surface area contributed by atoms with E-state index in [0.29, 0.717) is 0 Å². The maximum atomic E-state index is 5.98. The van der Waals surface area contributed by atoms with Crippen LogP contribution >= 0.6 is 0 Å². The first-order valence-electron chi connectivity index (χ1n) is 13.8. The lowest BCUT2D eigenvalue weighted by molar-refractivity contribution is 0.304. The van der Waals surface area contributed by atoms with Crippen molar-refractivity contribution in [1.29, 1.82) is 0 Å². The van der Waals surface area contributed by atoms with E-state index >= 15 is 0 Å². The second-order valence-electron chi connectivity index (χ2n) is 9.72. The number of rotatable bonds is 14. The zero-order chi connectivity index (χ0) is 24.8. The second-order valence-corrected chi connectivity index (χ2v) is 9.72. The van der Waals surface area contributed by atoms with Crippen molar-refractivity contribution in [2.75, 3.05) is 6.61 Å². The summed E-state index contributed by atoms with van der Waals surface area (Å²) in [5.74, 6) is 0.966. The van der Waals surface area contributed by atoms with Crippen molar-refractivity contribution >= 4 is 0 Å². The lowest BCUT2D eigenvalue weighted by Crippen LogP contribution is -1.97. The second kappa shape index (κ2) is 14.3. The van der Waals surface area contributed by atoms with Crippen LogP contribution in [-0.4, -0.2) is 6.61 Å².